The second kappa shape index (κ2) is 5.51. The number of amides is 1. The summed E-state index contributed by atoms with van der Waals surface area (Å²) in [6, 6.07) is 6.19. The molecule has 19 heavy (non-hydrogen) atoms. The zero-order chi connectivity index (χ0) is 14.0. The third-order valence-corrected chi connectivity index (χ3v) is 3.49. The first kappa shape index (κ1) is 13.7. The van der Waals surface area contributed by atoms with Gasteiger partial charge >= 0.3 is 0 Å². The SMILES string of the molecule is CC(C)C(=O)[C@H]1CCCN(c2ccccc2F)C1=O. The van der Waals surface area contributed by atoms with E-state index in [0.717, 1.165) is 6.42 Å². The summed E-state index contributed by atoms with van der Waals surface area (Å²) in [5.41, 5.74) is 0.272. The average Bonchev–Trinajstić information content (AvgIpc) is 2.39. The number of ketones is 1. The van der Waals surface area contributed by atoms with Crippen molar-refractivity contribution in [3.8, 4) is 0 Å². The minimum Gasteiger partial charge on any atom is -0.309 e. The monoisotopic (exact) mass is 263 g/mol. The number of benzene rings is 1. The number of carbonyl (C=O) groups excluding carboxylic acids is 2. The van der Waals surface area contributed by atoms with Crippen LogP contribution in [-0.4, -0.2) is 18.2 Å². The van der Waals surface area contributed by atoms with E-state index in [9.17, 15) is 14.0 Å². The molecule has 1 aromatic carbocycles. The van der Waals surface area contributed by atoms with Crippen LogP contribution in [0.3, 0.4) is 0 Å². The fraction of sp³-hybridized carbons (Fsp3) is 0.467. The van der Waals surface area contributed by atoms with Crippen molar-refractivity contribution >= 4 is 17.4 Å². The summed E-state index contributed by atoms with van der Waals surface area (Å²) >= 11 is 0. The zero-order valence-electron chi connectivity index (χ0n) is 11.2. The smallest absolute Gasteiger partial charge is 0.237 e. The van der Waals surface area contributed by atoms with Gasteiger partial charge in [-0.3, -0.25) is 9.59 Å². The van der Waals surface area contributed by atoms with Crippen molar-refractivity contribution in [2.45, 2.75) is 26.7 Å². The van der Waals surface area contributed by atoms with Crippen LogP contribution in [-0.2, 0) is 9.59 Å². The molecule has 4 heteroatoms. The summed E-state index contributed by atoms with van der Waals surface area (Å²) in [5, 5.41) is 0. The number of carbonyl (C=O) groups is 2. The number of anilines is 1. The largest absolute Gasteiger partial charge is 0.309 e. The van der Waals surface area contributed by atoms with Gasteiger partial charge in [0, 0.05) is 12.5 Å². The van der Waals surface area contributed by atoms with E-state index < -0.39 is 11.7 Å². The van der Waals surface area contributed by atoms with Crippen LogP contribution in [0.1, 0.15) is 26.7 Å². The molecule has 0 bridgehead atoms. The topological polar surface area (TPSA) is 37.4 Å². The van der Waals surface area contributed by atoms with E-state index in [4.69, 9.17) is 0 Å². The predicted molar refractivity (Wildman–Crippen MR) is 71.3 cm³/mol. The van der Waals surface area contributed by atoms with Gasteiger partial charge in [-0.2, -0.15) is 0 Å². The summed E-state index contributed by atoms with van der Waals surface area (Å²) in [4.78, 5) is 25.8. The van der Waals surface area contributed by atoms with Crippen LogP contribution in [0.5, 0.6) is 0 Å². The summed E-state index contributed by atoms with van der Waals surface area (Å²) in [7, 11) is 0. The Morgan fingerprint density at radius 2 is 2.05 bits per heavy atom. The van der Waals surface area contributed by atoms with Gasteiger partial charge in [0.1, 0.15) is 11.6 Å². The highest BCUT2D eigenvalue weighted by atomic mass is 19.1. The first-order chi connectivity index (χ1) is 9.02. The molecule has 0 aromatic heterocycles. The molecule has 1 aromatic rings. The lowest BCUT2D eigenvalue weighted by atomic mass is 9.87. The molecule has 0 radical (unpaired) electrons. The highest BCUT2D eigenvalue weighted by Gasteiger charge is 2.36. The van der Waals surface area contributed by atoms with Crippen molar-refractivity contribution in [3.05, 3.63) is 30.1 Å². The molecule has 1 heterocycles. The van der Waals surface area contributed by atoms with Crippen LogP contribution >= 0.6 is 0 Å². The van der Waals surface area contributed by atoms with E-state index in [1.807, 2.05) is 0 Å². The Labute approximate surface area is 112 Å². The molecular weight excluding hydrogens is 245 g/mol. The van der Waals surface area contributed by atoms with Gasteiger partial charge in [-0.25, -0.2) is 4.39 Å². The number of para-hydroxylation sites is 1. The van der Waals surface area contributed by atoms with E-state index in [0.29, 0.717) is 13.0 Å². The highest BCUT2D eigenvalue weighted by Crippen LogP contribution is 2.28. The lowest BCUT2D eigenvalue weighted by Gasteiger charge is -2.32. The number of piperidine rings is 1. The fourth-order valence-corrected chi connectivity index (χ4v) is 2.45. The summed E-state index contributed by atoms with van der Waals surface area (Å²) in [6.45, 7) is 4.05. The number of halogens is 1. The average molecular weight is 263 g/mol. The third-order valence-electron chi connectivity index (χ3n) is 3.49. The molecule has 102 valence electrons. The Morgan fingerprint density at radius 1 is 1.37 bits per heavy atom. The second-order valence-corrected chi connectivity index (χ2v) is 5.19. The molecule has 0 aliphatic carbocycles. The Bertz CT molecular complexity index is 499. The van der Waals surface area contributed by atoms with Gasteiger partial charge in [0.05, 0.1) is 11.6 Å². The van der Waals surface area contributed by atoms with Crippen LogP contribution in [0.4, 0.5) is 10.1 Å². The van der Waals surface area contributed by atoms with Crippen molar-refractivity contribution < 1.29 is 14.0 Å². The molecule has 1 atom stereocenters. The van der Waals surface area contributed by atoms with Crippen LogP contribution in [0.2, 0.25) is 0 Å². The van der Waals surface area contributed by atoms with E-state index in [-0.39, 0.29) is 23.3 Å². The Kier molecular flexibility index (Phi) is 3.98. The Balaban J connectivity index is 2.26. The van der Waals surface area contributed by atoms with Crippen molar-refractivity contribution in [2.75, 3.05) is 11.4 Å². The van der Waals surface area contributed by atoms with E-state index in [2.05, 4.69) is 0 Å². The van der Waals surface area contributed by atoms with E-state index in [1.165, 1.54) is 11.0 Å². The quantitative estimate of drug-likeness (QED) is 0.786. The summed E-state index contributed by atoms with van der Waals surface area (Å²) in [5.74, 6) is -1.53. The van der Waals surface area contributed by atoms with Crippen molar-refractivity contribution in [1.29, 1.82) is 0 Å². The van der Waals surface area contributed by atoms with Gasteiger partial charge in [-0.15, -0.1) is 0 Å². The van der Waals surface area contributed by atoms with E-state index >= 15 is 0 Å². The van der Waals surface area contributed by atoms with Gasteiger partial charge in [0.15, 0.2) is 0 Å². The highest BCUT2D eigenvalue weighted by molar-refractivity contribution is 6.09. The summed E-state index contributed by atoms with van der Waals surface area (Å²) < 4.78 is 13.8. The van der Waals surface area contributed by atoms with Crippen LogP contribution in [0, 0.1) is 17.7 Å². The van der Waals surface area contributed by atoms with E-state index in [1.54, 1.807) is 32.0 Å². The molecule has 1 saturated heterocycles. The number of hydrogen-bond donors (Lipinski definition) is 0. The number of rotatable bonds is 3. The van der Waals surface area contributed by atoms with Gasteiger partial charge in [-0.1, -0.05) is 26.0 Å². The molecule has 0 saturated carbocycles. The Morgan fingerprint density at radius 3 is 2.68 bits per heavy atom. The number of hydrogen-bond acceptors (Lipinski definition) is 2. The molecule has 1 aliphatic heterocycles. The van der Waals surface area contributed by atoms with Crippen LogP contribution < -0.4 is 4.90 Å². The van der Waals surface area contributed by atoms with Crippen LogP contribution in [0.15, 0.2) is 24.3 Å². The van der Waals surface area contributed by atoms with Gasteiger partial charge in [0.25, 0.3) is 0 Å². The second-order valence-electron chi connectivity index (χ2n) is 5.19. The normalized spacial score (nSPS) is 19.9. The third kappa shape index (κ3) is 2.67. The lowest BCUT2D eigenvalue weighted by molar-refractivity contribution is -0.135. The van der Waals surface area contributed by atoms with Crippen LogP contribution in [0.25, 0.3) is 0 Å². The molecule has 3 nitrogen and oxygen atoms in total. The van der Waals surface area contributed by atoms with Crippen molar-refractivity contribution in [1.82, 2.24) is 0 Å². The molecule has 1 aliphatic rings. The lowest BCUT2D eigenvalue weighted by Crippen LogP contribution is -2.45. The fourth-order valence-electron chi connectivity index (χ4n) is 2.45. The molecule has 0 unspecified atom stereocenters. The maximum Gasteiger partial charge on any atom is 0.237 e. The van der Waals surface area contributed by atoms with Crippen molar-refractivity contribution in [2.24, 2.45) is 11.8 Å². The maximum atomic E-state index is 13.8. The minimum absolute atomic E-state index is 0.0500. The van der Waals surface area contributed by atoms with Gasteiger partial charge in [-0.05, 0) is 25.0 Å². The van der Waals surface area contributed by atoms with Gasteiger partial charge in [0.2, 0.25) is 5.91 Å². The molecule has 0 spiro atoms. The molecular formula is C15H18FNO2. The number of Topliss-reactive ketones (excluding diaryl/α,β-unsaturated/α-hetero) is 1. The Hall–Kier alpha value is -1.71. The standard InChI is InChI=1S/C15H18FNO2/c1-10(2)14(18)11-6-5-9-17(15(11)19)13-8-4-3-7-12(13)16/h3-4,7-8,10-11H,5-6,9H2,1-2H3/t11-/m1/s1. The first-order valence-corrected chi connectivity index (χ1v) is 6.62. The van der Waals surface area contributed by atoms with Gasteiger partial charge < -0.3 is 4.90 Å². The first-order valence-electron chi connectivity index (χ1n) is 6.62. The summed E-state index contributed by atoms with van der Waals surface area (Å²) in [6.07, 6.45) is 1.30. The predicted octanol–water partition coefficient (Wildman–Crippen LogP) is 2.79. The molecule has 0 N–H and O–H groups in total. The number of nitrogens with zero attached hydrogens (tertiary/aromatic N) is 1. The molecule has 2 rings (SSSR count). The zero-order valence-corrected chi connectivity index (χ0v) is 11.2. The minimum atomic E-state index is -0.617. The molecule has 1 amide bonds. The molecule has 1 fully saturated rings. The van der Waals surface area contributed by atoms with Crippen molar-refractivity contribution in [3.63, 3.8) is 0 Å². The maximum absolute atomic E-state index is 13.8.